The molecule has 0 radical (unpaired) electrons. The number of hydrogen-bond acceptors (Lipinski definition) is 2. The monoisotopic (exact) mass is 975 g/mol. The average molecular weight is 976 g/mol. The quantitative estimate of drug-likeness (QED) is 0.106. The number of furan rings is 1. The predicted octanol–water partition coefficient (Wildman–Crippen LogP) is 17.9. The summed E-state index contributed by atoms with van der Waals surface area (Å²) in [5.74, 6) is -6.97. The third-order valence-electron chi connectivity index (χ3n) is 15.2. The van der Waals surface area contributed by atoms with Crippen LogP contribution in [0.2, 0.25) is 0 Å². The number of nitrogens with zero attached hydrogens (tertiary/aromatic N) is 1. The van der Waals surface area contributed by atoms with E-state index in [0.717, 1.165) is 46.2 Å². The van der Waals surface area contributed by atoms with Crippen LogP contribution in [0.4, 0.5) is 43.4 Å². The Labute approximate surface area is 422 Å². The molecular formula is C66H39F6NO. The number of rotatable bonds is 9. The van der Waals surface area contributed by atoms with E-state index >= 15 is 26.3 Å². The molecule has 0 bridgehead atoms. The van der Waals surface area contributed by atoms with Crippen molar-refractivity contribution in [1.29, 1.82) is 0 Å². The topological polar surface area (TPSA) is 16.4 Å². The van der Waals surface area contributed by atoms with Gasteiger partial charge in [-0.1, -0.05) is 165 Å². The summed E-state index contributed by atoms with van der Waals surface area (Å²) in [4.78, 5) is 1.95. The fraction of sp³-hybridized carbons (Fsp3) is 0.0303. The van der Waals surface area contributed by atoms with E-state index in [1.54, 1.807) is 48.6 Å². The summed E-state index contributed by atoms with van der Waals surface area (Å²) in [5, 5.41) is 1.66. The van der Waals surface area contributed by atoms with Gasteiger partial charge in [-0.05, 0) is 127 Å². The average Bonchev–Trinajstić information content (AvgIpc) is 4.10. The zero-order chi connectivity index (χ0) is 50.6. The zero-order valence-electron chi connectivity index (χ0n) is 39.2. The summed E-state index contributed by atoms with van der Waals surface area (Å²) < 4.78 is 106. The minimum Gasteiger partial charge on any atom is -0.454 e. The molecule has 0 amide bonds. The van der Waals surface area contributed by atoms with Crippen molar-refractivity contribution in [3.63, 3.8) is 0 Å². The molecule has 10 aromatic carbocycles. The highest BCUT2D eigenvalue weighted by Crippen LogP contribution is 2.61. The molecule has 0 saturated carbocycles. The normalized spacial score (nSPS) is 16.2. The fourth-order valence-corrected chi connectivity index (χ4v) is 12.1. The number of hydrogen-bond donors (Lipinski definition) is 0. The largest absolute Gasteiger partial charge is 0.454 e. The maximum atomic E-state index is 17.0. The van der Waals surface area contributed by atoms with Gasteiger partial charge in [0.15, 0.2) is 28.9 Å². The van der Waals surface area contributed by atoms with E-state index in [4.69, 9.17) is 4.42 Å². The van der Waals surface area contributed by atoms with Crippen LogP contribution in [0.1, 0.15) is 55.6 Å². The molecule has 0 saturated heterocycles. The van der Waals surface area contributed by atoms with Gasteiger partial charge in [0.1, 0.15) is 17.2 Å². The molecule has 1 aromatic heterocycles. The lowest BCUT2D eigenvalue weighted by molar-refractivity contribution is 0.464. The van der Waals surface area contributed by atoms with Crippen LogP contribution in [0, 0.1) is 34.9 Å². The van der Waals surface area contributed by atoms with Crippen LogP contribution >= 0.6 is 0 Å². The summed E-state index contributed by atoms with van der Waals surface area (Å²) in [6.45, 7) is 7.85. The van der Waals surface area contributed by atoms with Crippen LogP contribution in [-0.2, 0) is 10.8 Å². The van der Waals surface area contributed by atoms with Crippen molar-refractivity contribution >= 4 is 51.2 Å². The first-order chi connectivity index (χ1) is 36.1. The second kappa shape index (κ2) is 16.7. The van der Waals surface area contributed by atoms with Gasteiger partial charge in [0.2, 0.25) is 0 Å². The van der Waals surface area contributed by atoms with E-state index < -0.39 is 56.9 Å². The second-order valence-electron chi connectivity index (χ2n) is 18.7. The van der Waals surface area contributed by atoms with Gasteiger partial charge in [-0.3, -0.25) is 0 Å². The highest BCUT2D eigenvalue weighted by Gasteiger charge is 2.52. The lowest BCUT2D eigenvalue weighted by atomic mass is 9.67. The SMILES string of the molecule is C=Cc1ccc(C2(c3c(F)ccc(F)c3F)c3ccccc3-c3ccc(N(c4ccc5c(c4)C(c4ccc(C=C)cc4)(c4c(F)ccc(F)c4F)c4ccccc4-5)c4cccc5c4oc4ccccc45)cc32)cc1. The third-order valence-corrected chi connectivity index (χ3v) is 15.2. The van der Waals surface area contributed by atoms with Gasteiger partial charge >= 0.3 is 0 Å². The van der Waals surface area contributed by atoms with E-state index in [1.807, 2.05) is 144 Å². The molecule has 11 aromatic rings. The number of fused-ring (bicyclic) bond motifs is 9. The highest BCUT2D eigenvalue weighted by atomic mass is 19.2. The van der Waals surface area contributed by atoms with Crippen molar-refractivity contribution in [2.75, 3.05) is 4.90 Å². The van der Waals surface area contributed by atoms with Gasteiger partial charge in [-0.25, -0.2) is 26.3 Å². The fourth-order valence-electron chi connectivity index (χ4n) is 12.1. The van der Waals surface area contributed by atoms with Gasteiger partial charge in [0.05, 0.1) is 16.5 Å². The van der Waals surface area contributed by atoms with Crippen molar-refractivity contribution in [3.05, 3.63) is 304 Å². The molecule has 0 N–H and O–H groups in total. The molecule has 2 atom stereocenters. The molecule has 0 aliphatic heterocycles. The van der Waals surface area contributed by atoms with Crippen molar-refractivity contribution < 1.29 is 30.8 Å². The molecule has 8 heteroatoms. The summed E-state index contributed by atoms with van der Waals surface area (Å²) in [6.07, 6.45) is 3.34. The maximum absolute atomic E-state index is 17.0. The Kier molecular flexibility index (Phi) is 10.1. The molecule has 1 heterocycles. The van der Waals surface area contributed by atoms with E-state index in [1.165, 1.54) is 0 Å². The van der Waals surface area contributed by atoms with Gasteiger partial charge in [-0.15, -0.1) is 0 Å². The third kappa shape index (κ3) is 6.14. The van der Waals surface area contributed by atoms with Crippen LogP contribution in [0.15, 0.2) is 218 Å². The summed E-state index contributed by atoms with van der Waals surface area (Å²) in [5.41, 5.74) is 5.35. The van der Waals surface area contributed by atoms with Gasteiger partial charge in [-0.2, -0.15) is 0 Å². The molecule has 356 valence electrons. The standard InChI is InChI=1S/C66H39F6NO/c1-3-38-20-24-40(25-21-38)65(60-54(67)32-34-56(69)62(60)71)50-16-8-5-12-44(50)46-30-28-42(36-52(46)65)73(58-18-11-15-49-48-14-7-10-19-59(48)74-64(49)58)43-29-31-47-45-13-6-9-17-51(45)66(53(47)37-43,41-26-22-39(4-2)23-27-41)61-55(68)33-35-57(70)63(61)72/h3-37H,1-2H2. The van der Waals surface area contributed by atoms with Gasteiger partial charge < -0.3 is 9.32 Å². The Morgan fingerprint density at radius 1 is 0.392 bits per heavy atom. The minimum absolute atomic E-state index is 0.460. The molecular weight excluding hydrogens is 937 g/mol. The lowest BCUT2D eigenvalue weighted by Crippen LogP contribution is -2.32. The number of benzene rings is 10. The Bertz CT molecular complexity index is 3950. The Balaban J connectivity index is 1.15. The molecule has 0 fully saturated rings. The van der Waals surface area contributed by atoms with Crippen molar-refractivity contribution in [2.24, 2.45) is 0 Å². The Morgan fingerprint density at radius 3 is 1.32 bits per heavy atom. The van der Waals surface area contributed by atoms with Crippen LogP contribution in [-0.4, -0.2) is 0 Å². The summed E-state index contributed by atoms with van der Waals surface area (Å²) in [7, 11) is 0. The first-order valence-corrected chi connectivity index (χ1v) is 24.0. The smallest absolute Gasteiger partial charge is 0.166 e. The van der Waals surface area contributed by atoms with Crippen molar-refractivity contribution in [2.45, 2.75) is 10.8 Å². The zero-order valence-corrected chi connectivity index (χ0v) is 39.2. The maximum Gasteiger partial charge on any atom is 0.166 e. The van der Waals surface area contributed by atoms with Crippen molar-refractivity contribution in [3.8, 4) is 22.3 Å². The molecule has 2 aliphatic carbocycles. The highest BCUT2D eigenvalue weighted by molar-refractivity contribution is 6.10. The Morgan fingerprint density at radius 2 is 0.824 bits per heavy atom. The number of para-hydroxylation sites is 2. The minimum atomic E-state index is -1.76. The molecule has 2 aliphatic rings. The molecule has 0 spiro atoms. The van der Waals surface area contributed by atoms with Crippen molar-refractivity contribution in [1.82, 2.24) is 0 Å². The molecule has 13 rings (SSSR count). The van der Waals surface area contributed by atoms with Crippen LogP contribution < -0.4 is 4.90 Å². The van der Waals surface area contributed by atoms with Crippen LogP contribution in [0.3, 0.4) is 0 Å². The first-order valence-electron chi connectivity index (χ1n) is 24.0. The molecule has 2 unspecified atom stereocenters. The van der Waals surface area contributed by atoms with E-state index in [-0.39, 0.29) is 0 Å². The van der Waals surface area contributed by atoms with Crippen LogP contribution in [0.5, 0.6) is 0 Å². The van der Waals surface area contributed by atoms with E-state index in [9.17, 15) is 0 Å². The van der Waals surface area contributed by atoms with E-state index in [0.29, 0.717) is 83.9 Å². The predicted molar refractivity (Wildman–Crippen MR) is 283 cm³/mol. The lowest BCUT2D eigenvalue weighted by Gasteiger charge is -2.36. The van der Waals surface area contributed by atoms with Crippen LogP contribution in [0.25, 0.3) is 56.3 Å². The first kappa shape index (κ1) is 44.8. The second-order valence-corrected chi connectivity index (χ2v) is 18.7. The molecule has 2 nitrogen and oxygen atoms in total. The summed E-state index contributed by atoms with van der Waals surface area (Å²) >= 11 is 0. The van der Waals surface area contributed by atoms with Gasteiger partial charge in [0, 0.05) is 33.3 Å². The number of anilines is 3. The molecule has 74 heavy (non-hydrogen) atoms. The number of halogens is 6. The van der Waals surface area contributed by atoms with Gasteiger partial charge in [0.25, 0.3) is 0 Å². The Hall–Kier alpha value is -9.14. The van der Waals surface area contributed by atoms with E-state index in [2.05, 4.69) is 13.2 Å². The summed E-state index contributed by atoms with van der Waals surface area (Å²) in [6, 6.07) is 57.4.